The molecular weight excluding hydrogens is 670 g/mol. The van der Waals surface area contributed by atoms with E-state index in [1.165, 1.54) is 11.1 Å². The van der Waals surface area contributed by atoms with Crippen molar-refractivity contribution in [2.45, 2.75) is 82.8 Å². The molecule has 0 amide bonds. The van der Waals surface area contributed by atoms with E-state index in [-0.39, 0.29) is 22.9 Å². The predicted octanol–water partition coefficient (Wildman–Crippen LogP) is 10.5. The first-order valence-electron chi connectivity index (χ1n) is 17.2. The maximum atomic E-state index is 11.2. The number of halogens is 2. The monoisotopic (exact) mass is 714 g/mol. The summed E-state index contributed by atoms with van der Waals surface area (Å²) < 4.78 is 42.3. The van der Waals surface area contributed by atoms with Crippen molar-refractivity contribution in [2.75, 3.05) is 21.0 Å². The summed E-state index contributed by atoms with van der Waals surface area (Å²) in [6.07, 6.45) is 9.26. The molecule has 0 spiro atoms. The largest absolute Gasteiger partial charge is 0.506 e. The molecule has 6 atom stereocenters. The van der Waals surface area contributed by atoms with Crippen molar-refractivity contribution in [3.05, 3.63) is 68.7 Å². The number of benzene rings is 2. The summed E-state index contributed by atoms with van der Waals surface area (Å²) in [5.41, 5.74) is 4.01. The molecule has 6 unspecified atom stereocenters. The number of hydrogen-bond donors (Lipinski definition) is 1. The highest BCUT2D eigenvalue weighted by Gasteiger charge is 2.56. The summed E-state index contributed by atoms with van der Waals surface area (Å²) in [4.78, 5) is 0. The van der Waals surface area contributed by atoms with Gasteiger partial charge in [-0.2, -0.15) is 0 Å². The van der Waals surface area contributed by atoms with Gasteiger partial charge in [0, 0.05) is 11.1 Å². The van der Waals surface area contributed by atoms with Crippen LogP contribution in [0.2, 0.25) is 10.0 Å². The number of methoxy groups -OCH3 is 2. The lowest BCUT2D eigenvalue weighted by Crippen LogP contribution is -2.54. The molecule has 2 aromatic carbocycles. The molecule has 258 valence electrons. The van der Waals surface area contributed by atoms with Crippen LogP contribution >= 0.6 is 31.9 Å². The van der Waals surface area contributed by atoms with Gasteiger partial charge >= 0.3 is 8.69 Å². The molecule has 10 heteroatoms. The number of fused-ring (bicyclic) bond motifs is 2. The predicted molar refractivity (Wildman–Crippen MR) is 187 cm³/mol. The van der Waals surface area contributed by atoms with Crippen molar-refractivity contribution in [1.82, 2.24) is 0 Å². The van der Waals surface area contributed by atoms with Crippen molar-refractivity contribution < 1.29 is 33.1 Å². The van der Waals surface area contributed by atoms with Gasteiger partial charge in [-0.05, 0) is 141 Å². The van der Waals surface area contributed by atoms with Crippen LogP contribution < -0.4 is 4.52 Å². The zero-order valence-electron chi connectivity index (χ0n) is 28.1. The van der Waals surface area contributed by atoms with Gasteiger partial charge < -0.3 is 28.6 Å². The minimum atomic E-state index is -0.448. The highest BCUT2D eigenvalue weighted by molar-refractivity contribution is 7.17. The lowest BCUT2D eigenvalue weighted by Gasteiger charge is -2.58. The highest BCUT2D eigenvalue weighted by atomic mass is 35.5. The Hall–Kier alpha value is -2.28. The summed E-state index contributed by atoms with van der Waals surface area (Å²) in [5.74, 6) is 4.65. The molecule has 0 radical (unpaired) electrons. The average Bonchev–Trinajstić information content (AvgIpc) is 3.03. The molecule has 8 rings (SSSR count). The number of hydrogen-bond acceptors (Lipinski definition) is 7. The third kappa shape index (κ3) is 6.28. The number of allylic oxidation sites excluding steroid dienone is 2. The second-order valence-electron chi connectivity index (χ2n) is 15.1. The van der Waals surface area contributed by atoms with E-state index >= 15 is 0 Å². The maximum absolute atomic E-state index is 11.2. The Morgan fingerprint density at radius 3 is 2.00 bits per heavy atom. The normalized spacial score (nSPS) is 34.7. The Bertz CT molecular complexity index is 1620. The van der Waals surface area contributed by atoms with Crippen LogP contribution in [-0.4, -0.2) is 37.3 Å². The fourth-order valence-electron chi connectivity index (χ4n) is 10.6. The molecule has 6 aliphatic rings. The van der Waals surface area contributed by atoms with Gasteiger partial charge in [-0.25, -0.2) is 4.57 Å². The van der Waals surface area contributed by atoms with Gasteiger partial charge in [0.25, 0.3) is 0 Å². The van der Waals surface area contributed by atoms with Crippen LogP contribution in [0.15, 0.2) is 47.5 Å². The highest BCUT2D eigenvalue weighted by Crippen LogP contribution is 2.61. The van der Waals surface area contributed by atoms with Gasteiger partial charge in [0.1, 0.15) is 24.1 Å². The Balaban J connectivity index is 1.08. The molecule has 6 bridgehead atoms. The van der Waals surface area contributed by atoms with Gasteiger partial charge in [0.2, 0.25) is 0 Å². The topological polar surface area (TPSA) is 83.5 Å². The molecule has 0 saturated heterocycles. The quantitative estimate of drug-likeness (QED) is 0.149. The Morgan fingerprint density at radius 1 is 0.792 bits per heavy atom. The van der Waals surface area contributed by atoms with Crippen LogP contribution in [0.1, 0.15) is 82.8 Å². The first-order valence-corrected chi connectivity index (χ1v) is 18.7. The van der Waals surface area contributed by atoms with E-state index in [0.29, 0.717) is 52.2 Å². The molecular formula is C38H45Cl2O7P. The van der Waals surface area contributed by atoms with Crippen LogP contribution in [0.25, 0.3) is 11.5 Å². The Labute approximate surface area is 295 Å². The van der Waals surface area contributed by atoms with Crippen molar-refractivity contribution in [2.24, 2.45) is 35.5 Å². The summed E-state index contributed by atoms with van der Waals surface area (Å²) >= 11 is 12.4. The van der Waals surface area contributed by atoms with Gasteiger partial charge in [0.05, 0.1) is 35.5 Å². The first-order chi connectivity index (χ1) is 23.1. The average molecular weight is 716 g/mol. The van der Waals surface area contributed by atoms with E-state index in [9.17, 15) is 9.67 Å². The lowest BCUT2D eigenvalue weighted by atomic mass is 9.52. The molecule has 1 N–H and O–H groups in total. The summed E-state index contributed by atoms with van der Waals surface area (Å²) in [5, 5.41) is 11.1. The van der Waals surface area contributed by atoms with Crippen LogP contribution in [0, 0.1) is 35.5 Å². The third-order valence-electron chi connectivity index (χ3n) is 11.9. The molecule has 6 fully saturated rings. The van der Waals surface area contributed by atoms with Crippen molar-refractivity contribution in [1.29, 1.82) is 0 Å². The van der Waals surface area contributed by atoms with Crippen molar-refractivity contribution >= 4 is 43.4 Å². The summed E-state index contributed by atoms with van der Waals surface area (Å²) in [6.45, 7) is 4.91. The van der Waals surface area contributed by atoms with Crippen LogP contribution in [0.3, 0.4) is 0 Å². The van der Waals surface area contributed by atoms with Crippen LogP contribution in [0.4, 0.5) is 0 Å². The smallest absolute Gasteiger partial charge is 0.395 e. The van der Waals surface area contributed by atoms with Gasteiger partial charge in [-0.3, -0.25) is 0 Å². The van der Waals surface area contributed by atoms with Crippen molar-refractivity contribution in [3.63, 3.8) is 0 Å². The minimum Gasteiger partial charge on any atom is -0.506 e. The second-order valence-corrected chi connectivity index (χ2v) is 16.3. The number of phenols is 1. The standard InChI is InChI=1S/C38H45Cl2O7P/c1-21-9-26-17-37(14-21,15-22(2)33(26)35(43-3)25-6-8-30(40)32(13-25)47-48-42)45-20-46-38-16-23-10-27(18-38)34(28(11-23)19-38)36(44-4)24-5-7-29(39)31(41)12-24/h5-8,12-13,21-23,26-28,41H,9-11,14-20H2,1-4H3/b35-33-,36-34?. The van der Waals surface area contributed by atoms with Crippen molar-refractivity contribution in [3.8, 4) is 11.5 Å². The van der Waals surface area contributed by atoms with E-state index in [1.54, 1.807) is 32.4 Å². The van der Waals surface area contributed by atoms with Gasteiger partial charge in [0.15, 0.2) is 5.75 Å². The molecule has 7 nitrogen and oxygen atoms in total. The first kappa shape index (κ1) is 34.2. The van der Waals surface area contributed by atoms with E-state index in [1.807, 2.05) is 18.2 Å². The number of phenolic OH excluding ortho intramolecular Hbond substituents is 1. The summed E-state index contributed by atoms with van der Waals surface area (Å²) in [6, 6.07) is 10.9. The molecule has 0 aliphatic heterocycles. The zero-order chi connectivity index (χ0) is 33.8. The van der Waals surface area contributed by atoms with Crippen LogP contribution in [0.5, 0.6) is 11.5 Å². The summed E-state index contributed by atoms with van der Waals surface area (Å²) in [7, 11) is 3.00. The number of rotatable bonds is 10. The zero-order valence-corrected chi connectivity index (χ0v) is 30.5. The number of aromatic hydroxyl groups is 1. The Kier molecular flexibility index (Phi) is 9.58. The van der Waals surface area contributed by atoms with E-state index in [2.05, 4.69) is 13.8 Å². The molecule has 0 heterocycles. The molecule has 2 aromatic rings. The minimum absolute atomic E-state index is 0.0751. The van der Waals surface area contributed by atoms with E-state index in [4.69, 9.17) is 46.7 Å². The van der Waals surface area contributed by atoms with Gasteiger partial charge in [-0.1, -0.05) is 37.0 Å². The Morgan fingerprint density at radius 2 is 1.38 bits per heavy atom. The molecule has 0 aromatic heterocycles. The fourth-order valence-corrected chi connectivity index (χ4v) is 11.2. The van der Waals surface area contributed by atoms with Gasteiger partial charge in [-0.15, -0.1) is 0 Å². The lowest BCUT2D eigenvalue weighted by molar-refractivity contribution is -0.243. The third-order valence-corrected chi connectivity index (χ3v) is 12.8. The van der Waals surface area contributed by atoms with E-state index in [0.717, 1.165) is 80.4 Å². The number of ether oxygens (including phenoxy) is 4. The second kappa shape index (κ2) is 13.5. The molecule has 6 saturated carbocycles. The fraction of sp³-hybridized carbons (Fsp3) is 0.579. The maximum Gasteiger partial charge on any atom is 0.395 e. The van der Waals surface area contributed by atoms with Crippen LogP contribution in [-0.2, 0) is 23.5 Å². The SMILES string of the molecule is COC(=C1C2CC3CC1CC(OCOC14CC(C)CC(C1)/C(=C(\OC)c1ccc(Cl)c(OP=O)c1)C(C)C4)(C3)C2)c1ccc(Cl)c(O)c1. The van der Waals surface area contributed by atoms with E-state index < -0.39 is 8.69 Å². The molecule has 6 aliphatic carbocycles. The molecule has 48 heavy (non-hydrogen) atoms.